The number of rotatable bonds is 5. The third-order valence-electron chi connectivity index (χ3n) is 2.60. The molecule has 0 aliphatic carbocycles. The van der Waals surface area contributed by atoms with E-state index in [1.54, 1.807) is 24.3 Å². The van der Waals surface area contributed by atoms with E-state index >= 15 is 0 Å². The zero-order valence-corrected chi connectivity index (χ0v) is 10.3. The molecule has 0 spiro atoms. The van der Waals surface area contributed by atoms with E-state index < -0.39 is 0 Å². The van der Waals surface area contributed by atoms with Crippen LogP contribution < -0.4 is 16.4 Å². The van der Waals surface area contributed by atoms with Gasteiger partial charge in [0.1, 0.15) is 5.58 Å². The summed E-state index contributed by atoms with van der Waals surface area (Å²) in [6.45, 7) is 4.23. The van der Waals surface area contributed by atoms with E-state index in [2.05, 4.69) is 10.6 Å². The molecule has 4 N–H and O–H groups in total. The fourth-order valence-electron chi connectivity index (χ4n) is 1.70. The molecule has 0 aliphatic rings. The quantitative estimate of drug-likeness (QED) is 0.550. The number of nitrogen functional groups attached to an aromatic ring is 1. The normalized spacial score (nSPS) is 10.7. The highest BCUT2D eigenvalue weighted by atomic mass is 16.3. The van der Waals surface area contributed by atoms with E-state index in [-0.39, 0.29) is 5.91 Å². The van der Waals surface area contributed by atoms with Crippen molar-refractivity contribution >= 4 is 22.6 Å². The van der Waals surface area contributed by atoms with Gasteiger partial charge in [0, 0.05) is 24.2 Å². The Morgan fingerprint density at radius 3 is 2.94 bits per heavy atom. The second-order valence-corrected chi connectivity index (χ2v) is 4.02. The highest BCUT2D eigenvalue weighted by Gasteiger charge is 2.11. The fourth-order valence-corrected chi connectivity index (χ4v) is 1.70. The summed E-state index contributed by atoms with van der Waals surface area (Å²) in [5.41, 5.74) is 6.99. The average Bonchev–Trinajstić information content (AvgIpc) is 2.77. The van der Waals surface area contributed by atoms with Crippen LogP contribution in [0.25, 0.3) is 11.0 Å². The van der Waals surface area contributed by atoms with Gasteiger partial charge in [-0.25, -0.2) is 0 Å². The maximum Gasteiger partial charge on any atom is 0.287 e. The van der Waals surface area contributed by atoms with Gasteiger partial charge in [0.25, 0.3) is 5.91 Å². The lowest BCUT2D eigenvalue weighted by molar-refractivity contribution is 0.0928. The van der Waals surface area contributed by atoms with Crippen LogP contribution in [0.15, 0.2) is 28.7 Å². The molecule has 5 nitrogen and oxygen atoms in total. The summed E-state index contributed by atoms with van der Waals surface area (Å²) in [5.74, 6) is 0.106. The Morgan fingerprint density at radius 2 is 2.17 bits per heavy atom. The monoisotopic (exact) mass is 247 g/mol. The lowest BCUT2D eigenvalue weighted by atomic mass is 10.2. The SMILES string of the molecule is CCNCCNC(=O)c1cc2cc(N)ccc2o1. The first-order valence-electron chi connectivity index (χ1n) is 5.98. The lowest BCUT2D eigenvalue weighted by Crippen LogP contribution is -2.31. The molecule has 1 aromatic heterocycles. The van der Waals surface area contributed by atoms with Gasteiger partial charge in [-0.2, -0.15) is 0 Å². The molecule has 0 fully saturated rings. The first kappa shape index (κ1) is 12.4. The molecule has 0 aliphatic heterocycles. The van der Waals surface area contributed by atoms with Crippen LogP contribution in [0, 0.1) is 0 Å². The number of likely N-dealkylation sites (N-methyl/N-ethyl adjacent to an activating group) is 1. The molecule has 1 heterocycles. The van der Waals surface area contributed by atoms with Gasteiger partial charge < -0.3 is 20.8 Å². The number of carbonyl (C=O) groups excluding carboxylic acids is 1. The largest absolute Gasteiger partial charge is 0.451 e. The zero-order valence-electron chi connectivity index (χ0n) is 10.3. The molecule has 1 aromatic carbocycles. The van der Waals surface area contributed by atoms with Crippen molar-refractivity contribution in [1.29, 1.82) is 0 Å². The van der Waals surface area contributed by atoms with Crippen molar-refractivity contribution < 1.29 is 9.21 Å². The highest BCUT2D eigenvalue weighted by molar-refractivity contribution is 5.96. The number of benzene rings is 1. The minimum Gasteiger partial charge on any atom is -0.451 e. The molecule has 5 heteroatoms. The van der Waals surface area contributed by atoms with Crippen molar-refractivity contribution in [3.63, 3.8) is 0 Å². The molecular weight excluding hydrogens is 230 g/mol. The smallest absolute Gasteiger partial charge is 0.287 e. The molecule has 0 bridgehead atoms. The molecule has 0 radical (unpaired) electrons. The van der Waals surface area contributed by atoms with Gasteiger partial charge >= 0.3 is 0 Å². The molecule has 1 amide bonds. The number of furan rings is 1. The number of hydrogen-bond donors (Lipinski definition) is 3. The van der Waals surface area contributed by atoms with Gasteiger partial charge in [0.2, 0.25) is 0 Å². The number of hydrogen-bond acceptors (Lipinski definition) is 4. The average molecular weight is 247 g/mol. The predicted octanol–water partition coefficient (Wildman–Crippen LogP) is 1.35. The van der Waals surface area contributed by atoms with Crippen LogP contribution >= 0.6 is 0 Å². The number of nitrogens with two attached hydrogens (primary N) is 1. The molecule has 0 saturated carbocycles. The van der Waals surface area contributed by atoms with E-state index in [1.807, 2.05) is 6.92 Å². The summed E-state index contributed by atoms with van der Waals surface area (Å²) >= 11 is 0. The molecule has 0 atom stereocenters. The van der Waals surface area contributed by atoms with Crippen molar-refractivity contribution in [2.24, 2.45) is 0 Å². The standard InChI is InChI=1S/C13H17N3O2/c1-2-15-5-6-16-13(17)12-8-9-7-10(14)3-4-11(9)18-12/h3-4,7-8,15H,2,5-6,14H2,1H3,(H,16,17). The van der Waals surface area contributed by atoms with Gasteiger partial charge in [-0.15, -0.1) is 0 Å². The molecule has 0 unspecified atom stereocenters. The van der Waals surface area contributed by atoms with E-state index in [4.69, 9.17) is 10.2 Å². The summed E-state index contributed by atoms with van der Waals surface area (Å²) in [4.78, 5) is 11.8. The van der Waals surface area contributed by atoms with Crippen molar-refractivity contribution in [3.05, 3.63) is 30.0 Å². The van der Waals surface area contributed by atoms with Crippen molar-refractivity contribution in [1.82, 2.24) is 10.6 Å². The predicted molar refractivity (Wildman–Crippen MR) is 71.5 cm³/mol. The van der Waals surface area contributed by atoms with Crippen LogP contribution in [-0.2, 0) is 0 Å². The summed E-state index contributed by atoms with van der Waals surface area (Å²) < 4.78 is 5.45. The van der Waals surface area contributed by atoms with Crippen LogP contribution in [0.1, 0.15) is 17.5 Å². The Morgan fingerprint density at radius 1 is 1.33 bits per heavy atom. The Labute approximate surface area is 105 Å². The number of fused-ring (bicyclic) bond motifs is 1. The summed E-state index contributed by atoms with van der Waals surface area (Å²) in [7, 11) is 0. The number of nitrogens with one attached hydrogen (secondary N) is 2. The van der Waals surface area contributed by atoms with Gasteiger partial charge in [0.05, 0.1) is 0 Å². The van der Waals surface area contributed by atoms with Gasteiger partial charge in [-0.3, -0.25) is 4.79 Å². The molecule has 18 heavy (non-hydrogen) atoms. The minimum absolute atomic E-state index is 0.206. The maximum absolute atomic E-state index is 11.8. The Kier molecular flexibility index (Phi) is 3.84. The van der Waals surface area contributed by atoms with E-state index in [0.29, 0.717) is 23.6 Å². The fraction of sp³-hybridized carbons (Fsp3) is 0.308. The second kappa shape index (κ2) is 5.55. The minimum atomic E-state index is -0.206. The summed E-state index contributed by atoms with van der Waals surface area (Å²) in [6, 6.07) is 7.00. The third-order valence-corrected chi connectivity index (χ3v) is 2.60. The number of carbonyl (C=O) groups is 1. The Bertz CT molecular complexity index is 548. The number of anilines is 1. The van der Waals surface area contributed by atoms with Gasteiger partial charge in [-0.05, 0) is 30.8 Å². The Hall–Kier alpha value is -2.01. The summed E-state index contributed by atoms with van der Waals surface area (Å²) in [5, 5.41) is 6.75. The van der Waals surface area contributed by atoms with Crippen LogP contribution in [0.2, 0.25) is 0 Å². The maximum atomic E-state index is 11.8. The second-order valence-electron chi connectivity index (χ2n) is 4.02. The number of amides is 1. The zero-order chi connectivity index (χ0) is 13.0. The Balaban J connectivity index is 2.04. The van der Waals surface area contributed by atoms with Crippen molar-refractivity contribution in [2.45, 2.75) is 6.92 Å². The first-order valence-corrected chi connectivity index (χ1v) is 5.98. The molecule has 0 saturated heterocycles. The van der Waals surface area contributed by atoms with E-state index in [1.165, 1.54) is 0 Å². The van der Waals surface area contributed by atoms with Gasteiger partial charge in [-0.1, -0.05) is 6.92 Å². The lowest BCUT2D eigenvalue weighted by Gasteiger charge is -2.02. The van der Waals surface area contributed by atoms with Crippen LogP contribution in [-0.4, -0.2) is 25.5 Å². The molecule has 2 rings (SSSR count). The van der Waals surface area contributed by atoms with Crippen LogP contribution in [0.3, 0.4) is 0 Å². The van der Waals surface area contributed by atoms with Crippen molar-refractivity contribution in [3.8, 4) is 0 Å². The topological polar surface area (TPSA) is 80.3 Å². The highest BCUT2D eigenvalue weighted by Crippen LogP contribution is 2.21. The van der Waals surface area contributed by atoms with Gasteiger partial charge in [0.15, 0.2) is 5.76 Å². The van der Waals surface area contributed by atoms with Crippen LogP contribution in [0.5, 0.6) is 0 Å². The van der Waals surface area contributed by atoms with Crippen LogP contribution in [0.4, 0.5) is 5.69 Å². The molecular formula is C13H17N3O2. The summed E-state index contributed by atoms with van der Waals surface area (Å²) in [6.07, 6.45) is 0. The molecule has 96 valence electrons. The van der Waals surface area contributed by atoms with E-state index in [0.717, 1.165) is 18.5 Å². The first-order chi connectivity index (χ1) is 8.70. The molecule has 2 aromatic rings. The van der Waals surface area contributed by atoms with E-state index in [9.17, 15) is 4.79 Å². The third kappa shape index (κ3) is 2.81. The van der Waals surface area contributed by atoms with Crippen molar-refractivity contribution in [2.75, 3.05) is 25.4 Å².